The van der Waals surface area contributed by atoms with Gasteiger partial charge in [0.25, 0.3) is 0 Å². The fraction of sp³-hybridized carbons (Fsp3) is 0.212. The molecule has 0 bridgehead atoms. The molecule has 0 aliphatic carbocycles. The lowest BCUT2D eigenvalue weighted by atomic mass is 9.85. The minimum Gasteiger partial charge on any atom is -0.455 e. The molecule has 0 amide bonds. The summed E-state index contributed by atoms with van der Waals surface area (Å²) in [6, 6.07) is 24.6. The van der Waals surface area contributed by atoms with Crippen molar-refractivity contribution in [3.8, 4) is 0 Å². The predicted molar refractivity (Wildman–Crippen MR) is 151 cm³/mol. The first kappa shape index (κ1) is 20.6. The van der Waals surface area contributed by atoms with Gasteiger partial charge in [-0.25, -0.2) is 0 Å². The predicted octanol–water partition coefficient (Wildman–Crippen LogP) is 9.45. The Kier molecular flexibility index (Phi) is 3.92. The second-order valence-corrected chi connectivity index (χ2v) is 11.2. The molecule has 0 unspecified atom stereocenters. The molecule has 5 aromatic carbocycles. The molecule has 0 aliphatic rings. The third-order valence-electron chi connectivity index (χ3n) is 7.86. The lowest BCUT2D eigenvalue weighted by molar-refractivity contribution is 0.591. The third kappa shape index (κ3) is 2.65. The van der Waals surface area contributed by atoms with E-state index in [-0.39, 0.29) is 5.41 Å². The zero-order chi connectivity index (χ0) is 24.2. The minimum absolute atomic E-state index is 0.107. The molecule has 0 radical (unpaired) electrons. The number of fused-ring (bicyclic) bond motifs is 12. The molecule has 2 nitrogen and oxygen atoms in total. The molecule has 35 heavy (non-hydrogen) atoms. The Morgan fingerprint density at radius 3 is 2.26 bits per heavy atom. The zero-order valence-electron chi connectivity index (χ0n) is 21.2. The van der Waals surface area contributed by atoms with Crippen molar-refractivity contribution in [1.29, 1.82) is 0 Å². The molecule has 0 fully saturated rings. The van der Waals surface area contributed by atoms with Crippen molar-refractivity contribution >= 4 is 65.3 Å². The maximum absolute atomic E-state index is 6.69. The molecule has 2 heteroatoms. The normalized spacial score (nSPS) is 12.9. The summed E-state index contributed by atoms with van der Waals surface area (Å²) in [5.41, 5.74) is 8.56. The molecule has 0 N–H and O–H groups in total. The Balaban J connectivity index is 1.82. The van der Waals surface area contributed by atoms with E-state index in [9.17, 15) is 0 Å². The van der Waals surface area contributed by atoms with Gasteiger partial charge in [-0.3, -0.25) is 0 Å². The zero-order valence-corrected chi connectivity index (χ0v) is 21.2. The average molecular weight is 456 g/mol. The number of nitrogens with zero attached hydrogens (tertiary/aromatic N) is 1. The van der Waals surface area contributed by atoms with Crippen LogP contribution in [0.25, 0.3) is 65.3 Å². The van der Waals surface area contributed by atoms with Gasteiger partial charge in [-0.05, 0) is 58.9 Å². The Hall–Kier alpha value is -3.78. The van der Waals surface area contributed by atoms with E-state index in [0.717, 1.165) is 11.2 Å². The van der Waals surface area contributed by atoms with Crippen LogP contribution in [0.2, 0.25) is 0 Å². The summed E-state index contributed by atoms with van der Waals surface area (Å²) < 4.78 is 9.08. The fourth-order valence-electron chi connectivity index (χ4n) is 6.21. The van der Waals surface area contributed by atoms with Crippen molar-refractivity contribution < 1.29 is 4.42 Å². The summed E-state index contributed by atoms with van der Waals surface area (Å²) >= 11 is 0. The molecule has 7 rings (SSSR count). The van der Waals surface area contributed by atoms with Gasteiger partial charge in [-0.15, -0.1) is 0 Å². The van der Waals surface area contributed by atoms with Gasteiger partial charge in [0.05, 0.1) is 5.52 Å². The summed E-state index contributed by atoms with van der Waals surface area (Å²) in [6.07, 6.45) is 0. The molecule has 0 atom stereocenters. The van der Waals surface area contributed by atoms with Gasteiger partial charge in [0.15, 0.2) is 0 Å². The van der Waals surface area contributed by atoms with Crippen LogP contribution in [-0.2, 0) is 12.5 Å². The number of hydrogen-bond acceptors (Lipinski definition) is 1. The standard InChI is InChI=1S/C33H29NO/c1-18-15-19(2)27-25(16-18)34(6)31-23-9-7-8-10-24(23)32-30(29(27)31)28-22-13-12-21(33(3,4)5)17-20(22)11-14-26(28)35-32/h7-17H,1-6H3. The SMILES string of the molecule is Cc1cc(C)c2c3c4c(oc5ccc6cc(C(C)(C)C)ccc6c54)c4ccccc4c3n(C)c2c1. The van der Waals surface area contributed by atoms with Gasteiger partial charge >= 0.3 is 0 Å². The van der Waals surface area contributed by atoms with Crippen LogP contribution < -0.4 is 0 Å². The summed E-state index contributed by atoms with van der Waals surface area (Å²) in [5.74, 6) is 0. The maximum Gasteiger partial charge on any atom is 0.144 e. The van der Waals surface area contributed by atoms with Crippen LogP contribution in [0, 0.1) is 13.8 Å². The van der Waals surface area contributed by atoms with E-state index < -0.39 is 0 Å². The lowest BCUT2D eigenvalue weighted by Crippen LogP contribution is -2.10. The van der Waals surface area contributed by atoms with E-state index in [2.05, 4.69) is 113 Å². The number of benzene rings is 5. The first-order chi connectivity index (χ1) is 16.7. The smallest absolute Gasteiger partial charge is 0.144 e. The Labute approximate surface area is 204 Å². The van der Waals surface area contributed by atoms with Crippen LogP contribution in [0.4, 0.5) is 0 Å². The maximum atomic E-state index is 6.69. The van der Waals surface area contributed by atoms with Crippen molar-refractivity contribution in [2.24, 2.45) is 7.05 Å². The molecule has 0 saturated heterocycles. The highest BCUT2D eigenvalue weighted by Gasteiger charge is 2.23. The van der Waals surface area contributed by atoms with Crippen molar-refractivity contribution in [3.05, 3.63) is 83.4 Å². The average Bonchev–Trinajstić information content (AvgIpc) is 3.35. The number of rotatable bonds is 0. The van der Waals surface area contributed by atoms with Crippen molar-refractivity contribution in [2.45, 2.75) is 40.0 Å². The van der Waals surface area contributed by atoms with E-state index in [1.165, 1.54) is 70.8 Å². The van der Waals surface area contributed by atoms with Gasteiger partial charge in [-0.2, -0.15) is 0 Å². The first-order valence-electron chi connectivity index (χ1n) is 12.4. The fourth-order valence-corrected chi connectivity index (χ4v) is 6.21. The van der Waals surface area contributed by atoms with Crippen LogP contribution in [0.15, 0.2) is 71.1 Å². The molecule has 0 aliphatic heterocycles. The molecule has 7 aromatic rings. The molecular formula is C33H29NO. The van der Waals surface area contributed by atoms with E-state index in [0.29, 0.717) is 0 Å². The second-order valence-electron chi connectivity index (χ2n) is 11.2. The number of aryl methyl sites for hydroxylation is 3. The van der Waals surface area contributed by atoms with Crippen molar-refractivity contribution in [2.75, 3.05) is 0 Å². The largest absolute Gasteiger partial charge is 0.455 e. The summed E-state index contributed by atoms with van der Waals surface area (Å²) in [7, 11) is 2.21. The molecule has 2 heterocycles. The van der Waals surface area contributed by atoms with Gasteiger partial charge in [0.1, 0.15) is 11.2 Å². The highest BCUT2D eigenvalue weighted by atomic mass is 16.3. The Bertz CT molecular complexity index is 2010. The van der Waals surface area contributed by atoms with E-state index in [4.69, 9.17) is 4.42 Å². The van der Waals surface area contributed by atoms with Crippen LogP contribution in [-0.4, -0.2) is 4.57 Å². The van der Waals surface area contributed by atoms with Crippen LogP contribution in [0.5, 0.6) is 0 Å². The van der Waals surface area contributed by atoms with Gasteiger partial charge < -0.3 is 8.98 Å². The summed E-state index contributed by atoms with van der Waals surface area (Å²) in [6.45, 7) is 11.3. The molecular weight excluding hydrogens is 426 g/mol. The number of hydrogen-bond donors (Lipinski definition) is 0. The molecule has 2 aromatic heterocycles. The first-order valence-corrected chi connectivity index (χ1v) is 12.4. The summed E-state index contributed by atoms with van der Waals surface area (Å²) in [4.78, 5) is 0. The Morgan fingerprint density at radius 1 is 0.714 bits per heavy atom. The van der Waals surface area contributed by atoms with Gasteiger partial charge in [0.2, 0.25) is 0 Å². The third-order valence-corrected chi connectivity index (χ3v) is 7.86. The number of furan rings is 1. The second kappa shape index (κ2) is 6.66. The van der Waals surface area contributed by atoms with Gasteiger partial charge in [-0.1, -0.05) is 75.4 Å². The van der Waals surface area contributed by atoms with Crippen molar-refractivity contribution in [3.63, 3.8) is 0 Å². The molecule has 0 spiro atoms. The highest BCUT2D eigenvalue weighted by molar-refractivity contribution is 6.38. The van der Waals surface area contributed by atoms with Crippen LogP contribution in [0.3, 0.4) is 0 Å². The topological polar surface area (TPSA) is 18.1 Å². The monoisotopic (exact) mass is 455 g/mol. The molecule has 172 valence electrons. The molecule has 0 saturated carbocycles. The van der Waals surface area contributed by atoms with Crippen LogP contribution in [0.1, 0.15) is 37.5 Å². The highest BCUT2D eigenvalue weighted by Crippen LogP contribution is 2.47. The van der Waals surface area contributed by atoms with Crippen LogP contribution >= 0.6 is 0 Å². The summed E-state index contributed by atoms with van der Waals surface area (Å²) in [5, 5.41) is 10.0. The van der Waals surface area contributed by atoms with Gasteiger partial charge in [0, 0.05) is 44.9 Å². The minimum atomic E-state index is 0.107. The van der Waals surface area contributed by atoms with Crippen molar-refractivity contribution in [1.82, 2.24) is 4.57 Å². The van der Waals surface area contributed by atoms with E-state index in [1.54, 1.807) is 0 Å². The number of aromatic nitrogens is 1. The quantitative estimate of drug-likeness (QED) is 0.223. The Morgan fingerprint density at radius 2 is 1.49 bits per heavy atom. The van der Waals surface area contributed by atoms with E-state index in [1.807, 2.05) is 0 Å². The lowest BCUT2D eigenvalue weighted by Gasteiger charge is -2.19. The van der Waals surface area contributed by atoms with E-state index >= 15 is 0 Å².